The molecule has 40 heavy (non-hydrogen) atoms. The van der Waals surface area contributed by atoms with E-state index < -0.39 is 23.5 Å². The Morgan fingerprint density at radius 2 is 1.68 bits per heavy atom. The monoisotopic (exact) mass is 574 g/mol. The fourth-order valence-corrected chi connectivity index (χ4v) is 4.69. The van der Waals surface area contributed by atoms with Gasteiger partial charge in [0.2, 0.25) is 0 Å². The summed E-state index contributed by atoms with van der Waals surface area (Å²) in [5.41, 5.74) is 0.807. The van der Waals surface area contributed by atoms with Crippen LogP contribution in [0.25, 0.3) is 10.2 Å². The molecule has 0 saturated heterocycles. The van der Waals surface area contributed by atoms with Gasteiger partial charge < -0.3 is 33.9 Å². The van der Waals surface area contributed by atoms with Crippen molar-refractivity contribution in [3.8, 4) is 11.5 Å². The number of rotatable bonds is 10. The van der Waals surface area contributed by atoms with E-state index in [1.165, 1.54) is 0 Å². The zero-order valence-corrected chi connectivity index (χ0v) is 24.7. The third-order valence-corrected chi connectivity index (χ3v) is 6.40. The largest absolute Gasteiger partial charge is 0.514 e. The van der Waals surface area contributed by atoms with E-state index in [9.17, 15) is 14.4 Å². The minimum atomic E-state index is -0.865. The molecule has 0 bridgehead atoms. The maximum Gasteiger partial charge on any atom is 0.514 e. The highest BCUT2D eigenvalue weighted by atomic mass is 32.1. The Morgan fingerprint density at radius 1 is 0.975 bits per heavy atom. The minimum Gasteiger partial charge on any atom is -0.491 e. The number of nitrogens with one attached hydrogen (secondary N) is 1. The van der Waals surface area contributed by atoms with E-state index >= 15 is 0 Å². The molecule has 0 aliphatic heterocycles. The zero-order chi connectivity index (χ0) is 29.5. The molecule has 0 radical (unpaired) electrons. The van der Waals surface area contributed by atoms with Gasteiger partial charge in [-0.15, -0.1) is 0 Å². The van der Waals surface area contributed by atoms with Gasteiger partial charge in [-0.3, -0.25) is 4.79 Å². The smallest absolute Gasteiger partial charge is 0.491 e. The van der Waals surface area contributed by atoms with Crippen molar-refractivity contribution in [1.82, 2.24) is 9.88 Å². The van der Waals surface area contributed by atoms with Crippen LogP contribution in [0.15, 0.2) is 41.2 Å². The number of nitrogens with zero attached hydrogens (tertiary/aromatic N) is 1. The van der Waals surface area contributed by atoms with Crippen LogP contribution in [0.5, 0.6) is 11.5 Å². The van der Waals surface area contributed by atoms with E-state index in [4.69, 9.17) is 24.1 Å². The molecule has 218 valence electrons. The molecular weight excluding hydrogens is 536 g/mol. The first-order chi connectivity index (χ1) is 18.7. The average molecular weight is 575 g/mol. The lowest BCUT2D eigenvalue weighted by Crippen LogP contribution is -2.39. The van der Waals surface area contributed by atoms with E-state index in [2.05, 4.69) is 4.98 Å². The number of amides is 1. The summed E-state index contributed by atoms with van der Waals surface area (Å²) >= 11 is 1.01. The molecule has 0 aliphatic carbocycles. The van der Waals surface area contributed by atoms with Gasteiger partial charge in [-0.05, 0) is 83.7 Å². The number of benzene rings is 2. The van der Waals surface area contributed by atoms with Gasteiger partial charge in [0.25, 0.3) is 0 Å². The Bertz CT molecular complexity index is 1370. The van der Waals surface area contributed by atoms with Crippen LogP contribution >= 0.6 is 11.3 Å². The SMILES string of the molecule is CC(C)(C)OC(=O)Oc1ccc(CCN(CCc2cccc(OCCO)c2)C(=O)OC(C)(C)C)c2sc(=O)[nH]c12. The molecule has 0 spiro atoms. The quantitative estimate of drug-likeness (QED) is 0.247. The molecule has 2 aromatic carbocycles. The number of carbonyl (C=O) groups is 2. The molecule has 3 rings (SSSR count). The molecular formula is C29H38N2O8S. The number of fused-ring (bicyclic) bond motifs is 1. The normalized spacial score (nSPS) is 11.8. The predicted octanol–water partition coefficient (Wildman–Crippen LogP) is 5.30. The Hall–Kier alpha value is -3.57. The molecule has 11 heteroatoms. The molecule has 0 saturated carbocycles. The summed E-state index contributed by atoms with van der Waals surface area (Å²) in [4.78, 5) is 41.6. The van der Waals surface area contributed by atoms with Crippen molar-refractivity contribution >= 4 is 33.8 Å². The number of carbonyl (C=O) groups excluding carboxylic acids is 2. The standard InChI is InChI=1S/C29H38N2O8S/c1-28(2,3)38-26(34)31(14-12-19-8-7-9-21(18-19)36-17-16-32)15-13-20-10-11-22(23-24(20)40-25(33)30-23)37-27(35)39-29(4,5)6/h7-11,18,32H,12-17H2,1-6H3,(H,30,33). The van der Waals surface area contributed by atoms with Crippen LogP contribution in [0, 0.1) is 0 Å². The van der Waals surface area contributed by atoms with Gasteiger partial charge in [0.05, 0.1) is 11.3 Å². The lowest BCUT2D eigenvalue weighted by Gasteiger charge is -2.27. The van der Waals surface area contributed by atoms with Gasteiger partial charge in [-0.1, -0.05) is 29.5 Å². The summed E-state index contributed by atoms with van der Waals surface area (Å²) in [5.74, 6) is 0.840. The summed E-state index contributed by atoms with van der Waals surface area (Å²) in [5, 5.41) is 9.01. The van der Waals surface area contributed by atoms with Crippen LogP contribution in [-0.4, -0.2) is 64.7 Å². The van der Waals surface area contributed by atoms with Crippen molar-refractivity contribution in [3.63, 3.8) is 0 Å². The van der Waals surface area contributed by atoms with Gasteiger partial charge >= 0.3 is 17.1 Å². The number of aliphatic hydroxyl groups excluding tert-OH is 1. The first-order valence-corrected chi connectivity index (χ1v) is 13.9. The topological polar surface area (TPSA) is 127 Å². The van der Waals surface area contributed by atoms with Crippen LogP contribution in [0.1, 0.15) is 52.7 Å². The summed E-state index contributed by atoms with van der Waals surface area (Å²) in [7, 11) is 0. The molecule has 1 aromatic heterocycles. The minimum absolute atomic E-state index is 0.0755. The lowest BCUT2D eigenvalue weighted by atomic mass is 10.1. The van der Waals surface area contributed by atoms with Crippen LogP contribution in [0.3, 0.4) is 0 Å². The number of ether oxygens (including phenoxy) is 4. The number of hydrogen-bond donors (Lipinski definition) is 2. The van der Waals surface area contributed by atoms with Crippen molar-refractivity contribution in [3.05, 3.63) is 57.2 Å². The van der Waals surface area contributed by atoms with Crippen LogP contribution in [-0.2, 0) is 22.3 Å². The Labute approximate surface area is 237 Å². The molecule has 1 heterocycles. The maximum atomic E-state index is 13.1. The van der Waals surface area contributed by atoms with Crippen LogP contribution in [0.4, 0.5) is 9.59 Å². The highest BCUT2D eigenvalue weighted by Gasteiger charge is 2.24. The third kappa shape index (κ3) is 9.56. The molecule has 0 aliphatic rings. The van der Waals surface area contributed by atoms with Gasteiger partial charge in [-0.25, -0.2) is 9.59 Å². The fourth-order valence-electron chi connectivity index (χ4n) is 3.80. The lowest BCUT2D eigenvalue weighted by molar-refractivity contribution is 0.0205. The van der Waals surface area contributed by atoms with Crippen molar-refractivity contribution in [2.24, 2.45) is 0 Å². The van der Waals surface area contributed by atoms with Crippen molar-refractivity contribution in [2.45, 2.75) is 65.6 Å². The van der Waals surface area contributed by atoms with E-state index in [1.54, 1.807) is 37.8 Å². The van der Waals surface area contributed by atoms with E-state index in [1.807, 2.05) is 45.0 Å². The van der Waals surface area contributed by atoms with E-state index in [0.717, 1.165) is 22.5 Å². The van der Waals surface area contributed by atoms with Crippen LogP contribution in [0.2, 0.25) is 0 Å². The zero-order valence-electron chi connectivity index (χ0n) is 23.9. The molecule has 0 unspecified atom stereocenters. The number of thiazole rings is 1. The van der Waals surface area contributed by atoms with Gasteiger partial charge in [0.15, 0.2) is 5.75 Å². The summed E-state index contributed by atoms with van der Waals surface area (Å²) in [6, 6.07) is 10.9. The predicted molar refractivity (Wildman–Crippen MR) is 154 cm³/mol. The Kier molecular flexibility index (Phi) is 10.2. The number of aromatic nitrogens is 1. The fraction of sp³-hybridized carbons (Fsp3) is 0.483. The summed E-state index contributed by atoms with van der Waals surface area (Å²) in [6.07, 6.45) is -0.305. The molecule has 0 atom stereocenters. The molecule has 2 N–H and O–H groups in total. The second-order valence-electron chi connectivity index (χ2n) is 11.2. The second kappa shape index (κ2) is 13.2. The second-order valence-corrected chi connectivity index (χ2v) is 12.2. The first-order valence-electron chi connectivity index (χ1n) is 13.1. The van der Waals surface area contributed by atoms with E-state index in [-0.39, 0.29) is 23.8 Å². The van der Waals surface area contributed by atoms with Gasteiger partial charge in [0.1, 0.15) is 29.1 Å². The van der Waals surface area contributed by atoms with Crippen molar-refractivity contribution < 1.29 is 33.6 Å². The Balaban J connectivity index is 1.78. The van der Waals surface area contributed by atoms with Gasteiger partial charge in [0, 0.05) is 13.1 Å². The van der Waals surface area contributed by atoms with Crippen molar-refractivity contribution in [1.29, 1.82) is 0 Å². The number of aromatic amines is 1. The van der Waals surface area contributed by atoms with Crippen LogP contribution < -0.4 is 14.3 Å². The van der Waals surface area contributed by atoms with Crippen molar-refractivity contribution in [2.75, 3.05) is 26.3 Å². The Morgan fingerprint density at radius 3 is 2.35 bits per heavy atom. The first kappa shape index (κ1) is 31.0. The highest BCUT2D eigenvalue weighted by molar-refractivity contribution is 7.16. The number of aliphatic hydroxyl groups is 1. The maximum absolute atomic E-state index is 13.1. The molecule has 10 nitrogen and oxygen atoms in total. The molecule has 1 amide bonds. The number of H-pyrrole nitrogens is 1. The average Bonchev–Trinajstić information content (AvgIpc) is 3.23. The third-order valence-electron chi connectivity index (χ3n) is 5.44. The molecule has 3 aromatic rings. The summed E-state index contributed by atoms with van der Waals surface area (Å²) < 4.78 is 22.4. The number of hydrogen-bond acceptors (Lipinski definition) is 9. The van der Waals surface area contributed by atoms with E-state index in [0.29, 0.717) is 41.9 Å². The summed E-state index contributed by atoms with van der Waals surface area (Å²) in [6.45, 7) is 11.5. The van der Waals surface area contributed by atoms with Gasteiger partial charge in [-0.2, -0.15) is 0 Å². The highest BCUT2D eigenvalue weighted by Crippen LogP contribution is 2.30. The molecule has 0 fully saturated rings.